The number of hydrogen-bond donors (Lipinski definition) is 3. The van der Waals surface area contributed by atoms with Gasteiger partial charge in [0.15, 0.2) is 24.6 Å². The van der Waals surface area contributed by atoms with Crippen LogP contribution in [0.2, 0.25) is 0 Å². The van der Waals surface area contributed by atoms with Gasteiger partial charge in [-0.05, 0) is 109 Å². The lowest BCUT2D eigenvalue weighted by atomic mass is 9.98. The second kappa shape index (κ2) is 54.7. The molecule has 1 aliphatic heterocycles. The lowest BCUT2D eigenvalue weighted by Gasteiger charge is -2.40. The van der Waals surface area contributed by atoms with Crippen LogP contribution in [-0.2, 0) is 42.9 Å². The van der Waals surface area contributed by atoms with Crippen LogP contribution in [0.25, 0.3) is 0 Å². The zero-order valence-corrected chi connectivity index (χ0v) is 50.1. The highest BCUT2D eigenvalue weighted by Gasteiger charge is 2.50. The molecular formula is C67H114O12. The van der Waals surface area contributed by atoms with E-state index in [0.717, 1.165) is 135 Å². The Balaban J connectivity index is 2.68. The highest BCUT2D eigenvalue weighted by atomic mass is 16.7. The third-order valence-corrected chi connectivity index (χ3v) is 14.2. The highest BCUT2D eigenvalue weighted by Crippen LogP contribution is 2.26. The van der Waals surface area contributed by atoms with Crippen molar-refractivity contribution in [2.75, 3.05) is 13.2 Å². The number of hydrogen-bond acceptors (Lipinski definition) is 11. The molecule has 1 rings (SSSR count). The summed E-state index contributed by atoms with van der Waals surface area (Å²) >= 11 is 0. The Morgan fingerprint density at radius 1 is 0.430 bits per heavy atom. The lowest BCUT2D eigenvalue weighted by molar-refractivity contribution is -0.301. The first-order chi connectivity index (χ1) is 38.6. The number of carboxylic acids is 1. The van der Waals surface area contributed by atoms with Gasteiger partial charge in [-0.2, -0.15) is 0 Å². The Morgan fingerprint density at radius 2 is 0.797 bits per heavy atom. The molecule has 0 bridgehead atoms. The van der Waals surface area contributed by atoms with Gasteiger partial charge in [-0.3, -0.25) is 14.4 Å². The minimum atomic E-state index is -1.91. The lowest BCUT2D eigenvalue weighted by Crippen LogP contribution is -2.61. The second-order valence-electron chi connectivity index (χ2n) is 21.7. The van der Waals surface area contributed by atoms with Gasteiger partial charge < -0.3 is 39.0 Å². The van der Waals surface area contributed by atoms with Gasteiger partial charge in [-0.25, -0.2) is 4.79 Å². The maximum atomic E-state index is 13.2. The van der Waals surface area contributed by atoms with Crippen LogP contribution in [-0.4, -0.2) is 89.2 Å². The summed E-state index contributed by atoms with van der Waals surface area (Å²) in [5, 5.41) is 31.6. The minimum Gasteiger partial charge on any atom is -0.479 e. The highest BCUT2D eigenvalue weighted by molar-refractivity contribution is 5.74. The van der Waals surface area contributed by atoms with E-state index >= 15 is 0 Å². The predicted molar refractivity (Wildman–Crippen MR) is 322 cm³/mol. The summed E-state index contributed by atoms with van der Waals surface area (Å²) in [4.78, 5) is 51.3. The maximum Gasteiger partial charge on any atom is 0.335 e. The van der Waals surface area contributed by atoms with Crippen LogP contribution in [0.15, 0.2) is 72.9 Å². The Kier molecular flexibility index (Phi) is 50.7. The van der Waals surface area contributed by atoms with Crippen LogP contribution in [0.1, 0.15) is 278 Å². The smallest absolute Gasteiger partial charge is 0.335 e. The number of carboxylic acid groups (broad SMARTS) is 1. The maximum absolute atomic E-state index is 13.2. The fraction of sp³-hybridized carbons (Fsp3) is 0.761. The van der Waals surface area contributed by atoms with Crippen LogP contribution in [0.5, 0.6) is 0 Å². The average Bonchev–Trinajstić information content (AvgIpc) is 3.46. The van der Waals surface area contributed by atoms with Gasteiger partial charge in [-0.1, -0.05) is 222 Å². The van der Waals surface area contributed by atoms with Crippen LogP contribution < -0.4 is 0 Å². The zero-order chi connectivity index (χ0) is 57.5. The van der Waals surface area contributed by atoms with Gasteiger partial charge in [0.1, 0.15) is 18.8 Å². The summed E-state index contributed by atoms with van der Waals surface area (Å²) in [5.74, 6) is -3.15. The van der Waals surface area contributed by atoms with Crippen molar-refractivity contribution < 1.29 is 58.2 Å². The summed E-state index contributed by atoms with van der Waals surface area (Å²) < 4.78 is 28.5. The molecule has 6 unspecified atom stereocenters. The number of aliphatic hydroxyl groups is 2. The molecule has 79 heavy (non-hydrogen) atoms. The molecule has 0 aliphatic carbocycles. The van der Waals surface area contributed by atoms with E-state index in [1.807, 2.05) is 0 Å². The molecule has 0 aromatic rings. The molecule has 0 spiro atoms. The molecule has 0 saturated carbocycles. The zero-order valence-electron chi connectivity index (χ0n) is 50.1. The summed E-state index contributed by atoms with van der Waals surface area (Å²) in [7, 11) is 0. The number of allylic oxidation sites excluding steroid dienone is 12. The van der Waals surface area contributed by atoms with Crippen molar-refractivity contribution in [2.24, 2.45) is 0 Å². The summed E-state index contributed by atoms with van der Waals surface area (Å²) in [6, 6.07) is 0. The minimum absolute atomic E-state index is 0.0478. The Labute approximate surface area is 480 Å². The molecule has 1 saturated heterocycles. The first-order valence-corrected chi connectivity index (χ1v) is 31.9. The van der Waals surface area contributed by atoms with E-state index in [1.165, 1.54) is 83.5 Å². The fourth-order valence-corrected chi connectivity index (χ4v) is 9.35. The molecule has 12 nitrogen and oxygen atoms in total. The standard InChI is InChI=1S/C67H114O12/c1-4-7-10-13-16-19-22-25-28-30-33-35-38-41-44-47-50-53-59(68)75-56-58(77-60(69)54-51-48-45-42-39-36-32-27-24-21-18-15-12-9-6-3)57-76-67-65(63(72)62(71)64(79-67)66(73)74)78-61(70)55-52-49-46-43-40-37-34-31-29-26-23-20-17-14-11-8-5-2/h9,12,17-18,20-21,25-29,32,58,62-65,67,71-72H,4-8,10-11,13-16,19,22-24,30-31,33-57H2,1-3H3,(H,73,74)/b12-9-,20-17-,21-18-,28-25-,29-26-,32-27-. The number of aliphatic hydroxyl groups excluding tert-OH is 2. The molecule has 1 heterocycles. The largest absolute Gasteiger partial charge is 0.479 e. The van der Waals surface area contributed by atoms with Gasteiger partial charge in [0.25, 0.3) is 0 Å². The Bertz CT molecular complexity index is 1650. The number of carbonyl (C=O) groups is 4. The van der Waals surface area contributed by atoms with Crippen LogP contribution >= 0.6 is 0 Å². The number of aliphatic carboxylic acids is 1. The van der Waals surface area contributed by atoms with Gasteiger partial charge in [0.05, 0.1) is 6.61 Å². The van der Waals surface area contributed by atoms with Crippen molar-refractivity contribution in [3.05, 3.63) is 72.9 Å². The van der Waals surface area contributed by atoms with E-state index < -0.39 is 67.3 Å². The second-order valence-corrected chi connectivity index (χ2v) is 21.7. The van der Waals surface area contributed by atoms with E-state index in [1.54, 1.807) is 0 Å². The molecule has 12 heteroatoms. The van der Waals surface area contributed by atoms with E-state index in [0.29, 0.717) is 19.3 Å². The SMILES string of the molecule is CC/C=C\C/C=C\C/C=C\CCCCCCCC(=O)OC(COC(=O)CCCCCCCCC/C=C\CCCCCCCC)COC1OC(C(=O)O)C(O)C(O)C1OC(=O)CCCCCCCCC/C=C\C/C=C\CCCCC. The third kappa shape index (κ3) is 44.5. The molecule has 0 amide bonds. The van der Waals surface area contributed by atoms with Crippen LogP contribution in [0, 0.1) is 0 Å². The first kappa shape index (κ1) is 73.2. The Morgan fingerprint density at radius 3 is 1.25 bits per heavy atom. The summed E-state index contributed by atoms with van der Waals surface area (Å²) in [5.41, 5.74) is 0. The molecule has 3 N–H and O–H groups in total. The van der Waals surface area contributed by atoms with E-state index in [-0.39, 0.29) is 25.9 Å². The molecule has 1 fully saturated rings. The van der Waals surface area contributed by atoms with Gasteiger partial charge >= 0.3 is 23.9 Å². The van der Waals surface area contributed by atoms with Crippen LogP contribution in [0.4, 0.5) is 0 Å². The summed E-state index contributed by atoms with van der Waals surface area (Å²) in [6.07, 6.45) is 57.1. The molecule has 454 valence electrons. The predicted octanol–water partition coefficient (Wildman–Crippen LogP) is 16.9. The van der Waals surface area contributed by atoms with Gasteiger partial charge in [0.2, 0.25) is 0 Å². The summed E-state index contributed by atoms with van der Waals surface area (Å²) in [6.45, 7) is 5.86. The number of unbranched alkanes of at least 4 members (excludes halogenated alkanes) is 28. The molecular weight excluding hydrogens is 997 g/mol. The Hall–Kier alpha value is -3.84. The third-order valence-electron chi connectivity index (χ3n) is 14.2. The first-order valence-electron chi connectivity index (χ1n) is 31.9. The van der Waals surface area contributed by atoms with Crippen molar-refractivity contribution in [3.8, 4) is 0 Å². The van der Waals surface area contributed by atoms with Crippen LogP contribution in [0.3, 0.4) is 0 Å². The number of esters is 3. The van der Waals surface area contributed by atoms with Crippen molar-refractivity contribution in [3.63, 3.8) is 0 Å². The van der Waals surface area contributed by atoms with Crippen molar-refractivity contribution >= 4 is 23.9 Å². The number of ether oxygens (including phenoxy) is 5. The molecule has 0 aromatic carbocycles. The van der Waals surface area contributed by atoms with Crippen molar-refractivity contribution in [2.45, 2.75) is 314 Å². The topological polar surface area (TPSA) is 175 Å². The molecule has 1 aliphatic rings. The van der Waals surface area contributed by atoms with Crippen molar-refractivity contribution in [1.82, 2.24) is 0 Å². The van der Waals surface area contributed by atoms with Gasteiger partial charge in [0, 0.05) is 19.3 Å². The van der Waals surface area contributed by atoms with E-state index in [4.69, 9.17) is 23.7 Å². The van der Waals surface area contributed by atoms with E-state index in [2.05, 4.69) is 93.7 Å². The molecule has 0 radical (unpaired) electrons. The normalized spacial score (nSPS) is 18.3. The van der Waals surface area contributed by atoms with E-state index in [9.17, 15) is 34.5 Å². The monoisotopic (exact) mass is 1110 g/mol. The van der Waals surface area contributed by atoms with Gasteiger partial charge in [-0.15, -0.1) is 0 Å². The fourth-order valence-electron chi connectivity index (χ4n) is 9.35. The van der Waals surface area contributed by atoms with Crippen molar-refractivity contribution in [1.29, 1.82) is 0 Å². The quantitative estimate of drug-likeness (QED) is 0.0228. The number of rotatable bonds is 54. The number of carbonyl (C=O) groups excluding carboxylic acids is 3. The molecule has 6 atom stereocenters. The molecule has 0 aromatic heterocycles. The average molecular weight is 1110 g/mol.